The SMILES string of the molecule is CCCCCCCCCCc1ccc(NC(=O)[C@@H](COP(=O)(O)O)NC(=O)CCOCCOCCOCCOCCN=[N+]=[N-])cc1. The number of benzene rings is 1. The minimum atomic E-state index is -4.87. The Kier molecular flexibility index (Phi) is 24.8. The van der Waals surface area contributed by atoms with Gasteiger partial charge in [0.15, 0.2) is 0 Å². The van der Waals surface area contributed by atoms with Crippen LogP contribution in [0.15, 0.2) is 29.4 Å². The van der Waals surface area contributed by atoms with Crippen LogP contribution >= 0.6 is 7.82 Å². The molecule has 0 fully saturated rings. The van der Waals surface area contributed by atoms with Crippen LogP contribution in [0.25, 0.3) is 10.4 Å². The largest absolute Gasteiger partial charge is 0.469 e. The van der Waals surface area contributed by atoms with Gasteiger partial charge in [0.05, 0.1) is 59.5 Å². The van der Waals surface area contributed by atoms with Gasteiger partial charge in [-0.25, -0.2) is 4.57 Å². The summed E-state index contributed by atoms with van der Waals surface area (Å²) in [6, 6.07) is 6.04. The van der Waals surface area contributed by atoms with Crippen molar-refractivity contribution in [2.45, 2.75) is 77.2 Å². The third-order valence-electron chi connectivity index (χ3n) is 6.59. The maximum Gasteiger partial charge on any atom is 0.469 e. The first kappa shape index (κ1) is 41.4. The highest BCUT2D eigenvalue weighted by molar-refractivity contribution is 7.46. The van der Waals surface area contributed by atoms with Crippen molar-refractivity contribution in [2.75, 3.05) is 71.3 Å². The first-order chi connectivity index (χ1) is 22.2. The number of azide groups is 1. The third-order valence-corrected chi connectivity index (χ3v) is 7.08. The molecule has 0 spiro atoms. The lowest BCUT2D eigenvalue weighted by Gasteiger charge is -2.19. The van der Waals surface area contributed by atoms with Crippen LogP contribution in [-0.4, -0.2) is 93.6 Å². The zero-order valence-corrected chi connectivity index (χ0v) is 27.9. The van der Waals surface area contributed by atoms with Crippen LogP contribution in [0.4, 0.5) is 5.69 Å². The summed E-state index contributed by atoms with van der Waals surface area (Å²) in [4.78, 5) is 46.1. The molecule has 1 rings (SSSR count). The van der Waals surface area contributed by atoms with E-state index >= 15 is 0 Å². The summed E-state index contributed by atoms with van der Waals surface area (Å²) in [7, 11) is -4.87. The average molecular weight is 674 g/mol. The predicted octanol–water partition coefficient (Wildman–Crippen LogP) is 4.67. The Balaban J connectivity index is 2.30. The van der Waals surface area contributed by atoms with E-state index in [1.165, 1.54) is 44.9 Å². The molecule has 0 aromatic heterocycles. The second kappa shape index (κ2) is 27.5. The number of nitrogens with zero attached hydrogens (tertiary/aromatic N) is 3. The maximum atomic E-state index is 12.9. The maximum absolute atomic E-state index is 12.9. The molecule has 0 radical (unpaired) electrons. The summed E-state index contributed by atoms with van der Waals surface area (Å²) in [6.07, 6.45) is 10.8. The van der Waals surface area contributed by atoms with Crippen LogP contribution in [0, 0.1) is 0 Å². The molecule has 0 saturated carbocycles. The molecule has 1 aromatic carbocycles. The molecule has 1 aromatic rings. The summed E-state index contributed by atoms with van der Waals surface area (Å²) in [5.74, 6) is -1.22. The molecule has 262 valence electrons. The van der Waals surface area contributed by atoms with E-state index in [1.807, 2.05) is 12.1 Å². The minimum Gasteiger partial charge on any atom is -0.379 e. The fourth-order valence-electron chi connectivity index (χ4n) is 4.14. The Labute approximate surface area is 271 Å². The van der Waals surface area contributed by atoms with Gasteiger partial charge >= 0.3 is 7.82 Å². The van der Waals surface area contributed by atoms with Crippen LogP contribution < -0.4 is 10.6 Å². The fraction of sp³-hybridized carbons (Fsp3) is 0.733. The van der Waals surface area contributed by atoms with Gasteiger partial charge in [0.25, 0.3) is 0 Å². The van der Waals surface area contributed by atoms with E-state index in [0.29, 0.717) is 38.7 Å². The zero-order valence-electron chi connectivity index (χ0n) is 27.0. The number of anilines is 1. The summed E-state index contributed by atoms with van der Waals surface area (Å²) >= 11 is 0. The van der Waals surface area contributed by atoms with Crippen molar-refractivity contribution in [3.8, 4) is 0 Å². The molecule has 0 unspecified atom stereocenters. The number of carbonyl (C=O) groups is 2. The molecule has 0 heterocycles. The molecule has 0 aliphatic rings. The van der Waals surface area contributed by atoms with Crippen molar-refractivity contribution in [3.63, 3.8) is 0 Å². The molecule has 16 heteroatoms. The van der Waals surface area contributed by atoms with Crippen LogP contribution in [0.3, 0.4) is 0 Å². The lowest BCUT2D eigenvalue weighted by Crippen LogP contribution is -2.46. The standard InChI is InChI=1S/C30H52N5O10P/c1-2-3-4-5-6-7-8-9-10-26-11-13-27(14-12-26)33-30(37)28(25-45-46(38,39)40)34-29(36)15-17-41-19-21-43-23-24-44-22-20-42-18-16-32-35-31/h11-14,28H,2-10,15-25H2,1H3,(H,33,37)(H,34,36)(H2,38,39,40)/t28-/m1/s1. The summed E-state index contributed by atoms with van der Waals surface area (Å²) in [6.45, 7) is 4.16. The molecule has 0 aliphatic heterocycles. The first-order valence-corrected chi connectivity index (χ1v) is 17.5. The Hall–Kier alpha value is -2.58. The lowest BCUT2D eigenvalue weighted by molar-refractivity contribution is -0.128. The van der Waals surface area contributed by atoms with Crippen molar-refractivity contribution >= 4 is 25.3 Å². The van der Waals surface area contributed by atoms with E-state index in [9.17, 15) is 14.2 Å². The molecule has 4 N–H and O–H groups in total. The molecule has 0 saturated heterocycles. The fourth-order valence-corrected chi connectivity index (χ4v) is 4.49. The third kappa shape index (κ3) is 24.6. The van der Waals surface area contributed by atoms with Crippen molar-refractivity contribution < 1.29 is 47.4 Å². The number of hydrogen-bond donors (Lipinski definition) is 4. The summed E-state index contributed by atoms with van der Waals surface area (Å²) < 4.78 is 37.0. The Morgan fingerprint density at radius 3 is 1.96 bits per heavy atom. The molecule has 2 amide bonds. The summed E-state index contributed by atoms with van der Waals surface area (Å²) in [5.41, 5.74) is 9.80. The number of amides is 2. The second-order valence-corrected chi connectivity index (χ2v) is 11.7. The van der Waals surface area contributed by atoms with Crippen LogP contribution in [0.2, 0.25) is 0 Å². The number of phosphoric ester groups is 1. The van der Waals surface area contributed by atoms with E-state index in [-0.39, 0.29) is 32.8 Å². The van der Waals surface area contributed by atoms with Gasteiger partial charge in [-0.2, -0.15) is 0 Å². The molecular formula is C30H52N5O10P. The van der Waals surface area contributed by atoms with Crippen LogP contribution in [0.1, 0.15) is 70.3 Å². The lowest BCUT2D eigenvalue weighted by atomic mass is 10.0. The minimum absolute atomic E-state index is 0.0485. The van der Waals surface area contributed by atoms with E-state index in [1.54, 1.807) is 12.1 Å². The van der Waals surface area contributed by atoms with Crippen molar-refractivity contribution in [3.05, 3.63) is 40.3 Å². The van der Waals surface area contributed by atoms with Gasteiger partial charge in [0.2, 0.25) is 11.8 Å². The van der Waals surface area contributed by atoms with Gasteiger partial charge < -0.3 is 39.4 Å². The quantitative estimate of drug-likeness (QED) is 0.0291. The van der Waals surface area contributed by atoms with E-state index in [4.69, 9.17) is 34.3 Å². The Morgan fingerprint density at radius 2 is 1.39 bits per heavy atom. The van der Waals surface area contributed by atoms with Gasteiger partial charge in [0, 0.05) is 23.6 Å². The first-order valence-electron chi connectivity index (χ1n) is 16.0. The highest BCUT2D eigenvalue weighted by atomic mass is 31.2. The topological polar surface area (TPSA) is 211 Å². The van der Waals surface area contributed by atoms with Crippen molar-refractivity contribution in [1.82, 2.24) is 5.32 Å². The molecule has 0 bridgehead atoms. The highest BCUT2D eigenvalue weighted by Gasteiger charge is 2.25. The monoisotopic (exact) mass is 673 g/mol. The number of aryl methyl sites for hydroxylation is 1. The Morgan fingerprint density at radius 1 is 0.848 bits per heavy atom. The predicted molar refractivity (Wildman–Crippen MR) is 173 cm³/mol. The van der Waals surface area contributed by atoms with Crippen molar-refractivity contribution in [2.24, 2.45) is 5.11 Å². The average Bonchev–Trinajstić information content (AvgIpc) is 3.02. The van der Waals surface area contributed by atoms with Gasteiger partial charge in [-0.3, -0.25) is 14.1 Å². The molecule has 15 nitrogen and oxygen atoms in total. The van der Waals surface area contributed by atoms with Gasteiger partial charge in [-0.05, 0) is 36.1 Å². The van der Waals surface area contributed by atoms with E-state index in [2.05, 4.69) is 32.1 Å². The van der Waals surface area contributed by atoms with E-state index < -0.39 is 32.3 Å². The number of rotatable bonds is 30. The second-order valence-electron chi connectivity index (χ2n) is 10.5. The van der Waals surface area contributed by atoms with Crippen molar-refractivity contribution in [1.29, 1.82) is 0 Å². The molecular weight excluding hydrogens is 621 g/mol. The summed E-state index contributed by atoms with van der Waals surface area (Å²) in [5, 5.41) is 8.47. The highest BCUT2D eigenvalue weighted by Crippen LogP contribution is 2.35. The smallest absolute Gasteiger partial charge is 0.379 e. The number of phosphoric acid groups is 1. The number of unbranched alkanes of at least 4 members (excludes halogenated alkanes) is 7. The number of hydrogen-bond acceptors (Lipinski definition) is 9. The van der Waals surface area contributed by atoms with E-state index in [0.717, 1.165) is 18.4 Å². The number of ether oxygens (including phenoxy) is 4. The number of carbonyl (C=O) groups excluding carboxylic acids is 2. The van der Waals surface area contributed by atoms with Crippen LogP contribution in [0.5, 0.6) is 0 Å². The van der Waals surface area contributed by atoms with Gasteiger partial charge in [-0.1, -0.05) is 69.1 Å². The molecule has 46 heavy (non-hydrogen) atoms. The van der Waals surface area contributed by atoms with Gasteiger partial charge in [-0.15, -0.1) is 0 Å². The Bertz CT molecular complexity index is 1040. The molecule has 1 atom stereocenters. The van der Waals surface area contributed by atoms with Gasteiger partial charge in [0.1, 0.15) is 6.04 Å². The van der Waals surface area contributed by atoms with Crippen LogP contribution in [-0.2, 0) is 44.0 Å². The zero-order chi connectivity index (χ0) is 33.7. The molecule has 0 aliphatic carbocycles. The normalized spacial score (nSPS) is 12.0. The number of nitrogens with one attached hydrogen (secondary N) is 2.